The summed E-state index contributed by atoms with van der Waals surface area (Å²) in [5, 5.41) is 5.28. The van der Waals surface area contributed by atoms with Gasteiger partial charge in [0, 0.05) is 5.02 Å². The summed E-state index contributed by atoms with van der Waals surface area (Å²) in [4.78, 5) is 0.127. The molecule has 5 nitrogen and oxygen atoms in total. The topological polar surface area (TPSA) is 64.0 Å². The number of anilines is 1. The van der Waals surface area contributed by atoms with Gasteiger partial charge in [-0.15, -0.1) is 0 Å². The lowest BCUT2D eigenvalue weighted by Crippen LogP contribution is -2.15. The van der Waals surface area contributed by atoms with Crippen LogP contribution < -0.4 is 4.72 Å². The molecule has 8 heteroatoms. The third kappa shape index (κ3) is 3.51. The molecule has 3 rings (SSSR count). The fraction of sp³-hybridized carbons (Fsp3) is 0.118. The number of halogens is 2. The second-order valence-electron chi connectivity index (χ2n) is 5.47. The van der Waals surface area contributed by atoms with Crippen LogP contribution in [0.1, 0.15) is 11.4 Å². The normalized spacial score (nSPS) is 11.5. The second kappa shape index (κ2) is 6.71. The molecule has 3 aromatic rings. The zero-order chi connectivity index (χ0) is 18.2. The average Bonchev–Trinajstić information content (AvgIpc) is 2.85. The number of benzene rings is 2. The molecular weight excluding hydrogens is 381 g/mol. The summed E-state index contributed by atoms with van der Waals surface area (Å²) in [5.74, 6) is 0. The number of hydrogen-bond donors (Lipinski definition) is 1. The molecule has 0 saturated carbocycles. The molecule has 1 heterocycles. The quantitative estimate of drug-likeness (QED) is 0.701. The van der Waals surface area contributed by atoms with Crippen molar-refractivity contribution in [1.29, 1.82) is 0 Å². The first-order chi connectivity index (χ1) is 11.8. The van der Waals surface area contributed by atoms with Crippen molar-refractivity contribution in [2.75, 3.05) is 4.72 Å². The lowest BCUT2D eigenvalue weighted by molar-refractivity contribution is 0.600. The van der Waals surface area contributed by atoms with Crippen LogP contribution in [0, 0.1) is 13.8 Å². The molecule has 0 spiro atoms. The molecule has 0 saturated heterocycles. The fourth-order valence-electron chi connectivity index (χ4n) is 2.59. The predicted molar refractivity (Wildman–Crippen MR) is 100 cm³/mol. The van der Waals surface area contributed by atoms with Crippen molar-refractivity contribution in [1.82, 2.24) is 9.78 Å². The van der Waals surface area contributed by atoms with Crippen LogP contribution in [0.5, 0.6) is 0 Å². The Hall–Kier alpha value is -2.02. The van der Waals surface area contributed by atoms with Gasteiger partial charge in [0.25, 0.3) is 10.0 Å². The Balaban J connectivity index is 2.05. The molecule has 0 atom stereocenters. The monoisotopic (exact) mass is 395 g/mol. The van der Waals surface area contributed by atoms with Crippen LogP contribution in [0.15, 0.2) is 53.4 Å². The van der Waals surface area contributed by atoms with E-state index in [1.165, 1.54) is 0 Å². The van der Waals surface area contributed by atoms with Crippen LogP contribution >= 0.6 is 23.2 Å². The SMILES string of the molecule is Cc1nn(-c2ccc(Cl)cc2)c(C)c1S(=O)(=O)Nc1ccccc1Cl. The van der Waals surface area contributed by atoms with Gasteiger partial charge in [0.15, 0.2) is 0 Å². The summed E-state index contributed by atoms with van der Waals surface area (Å²) in [6.45, 7) is 3.36. The molecule has 0 amide bonds. The van der Waals surface area contributed by atoms with Crippen molar-refractivity contribution in [2.45, 2.75) is 18.7 Å². The number of aromatic nitrogens is 2. The van der Waals surface area contributed by atoms with Crippen LogP contribution in [-0.4, -0.2) is 18.2 Å². The second-order valence-corrected chi connectivity index (χ2v) is 7.94. The van der Waals surface area contributed by atoms with E-state index >= 15 is 0 Å². The van der Waals surface area contributed by atoms with Crippen molar-refractivity contribution in [3.8, 4) is 5.69 Å². The Bertz CT molecular complexity index is 1030. The molecule has 0 bridgehead atoms. The molecule has 2 aromatic carbocycles. The van der Waals surface area contributed by atoms with Gasteiger partial charge in [-0.3, -0.25) is 4.72 Å². The highest BCUT2D eigenvalue weighted by Gasteiger charge is 2.25. The van der Waals surface area contributed by atoms with Crippen LogP contribution in [0.3, 0.4) is 0 Å². The van der Waals surface area contributed by atoms with Gasteiger partial charge < -0.3 is 0 Å². The minimum Gasteiger partial charge on any atom is -0.278 e. The molecule has 0 aliphatic rings. The molecule has 0 unspecified atom stereocenters. The van der Waals surface area contributed by atoms with Gasteiger partial charge in [-0.2, -0.15) is 5.10 Å². The van der Waals surface area contributed by atoms with E-state index < -0.39 is 10.0 Å². The van der Waals surface area contributed by atoms with E-state index in [1.54, 1.807) is 67.1 Å². The first-order valence-corrected chi connectivity index (χ1v) is 9.63. The number of nitrogens with one attached hydrogen (secondary N) is 1. The van der Waals surface area contributed by atoms with E-state index in [9.17, 15) is 8.42 Å². The molecule has 130 valence electrons. The minimum absolute atomic E-state index is 0.127. The highest BCUT2D eigenvalue weighted by molar-refractivity contribution is 7.92. The van der Waals surface area contributed by atoms with Gasteiger partial charge in [0.2, 0.25) is 0 Å². The molecular formula is C17H15Cl2N3O2S. The zero-order valence-electron chi connectivity index (χ0n) is 13.5. The smallest absolute Gasteiger partial charge is 0.265 e. The summed E-state index contributed by atoms with van der Waals surface area (Å²) in [6, 6.07) is 13.7. The molecule has 0 radical (unpaired) electrons. The number of para-hydroxylation sites is 1. The Morgan fingerprint density at radius 3 is 2.28 bits per heavy atom. The molecule has 0 fully saturated rings. The summed E-state index contributed by atoms with van der Waals surface area (Å²) in [6.07, 6.45) is 0. The maximum Gasteiger partial charge on any atom is 0.265 e. The number of aryl methyl sites for hydroxylation is 1. The van der Waals surface area contributed by atoms with Crippen LogP contribution in [0.4, 0.5) is 5.69 Å². The maximum absolute atomic E-state index is 12.9. The Labute approximate surface area is 156 Å². The van der Waals surface area contributed by atoms with E-state index in [4.69, 9.17) is 23.2 Å². The van der Waals surface area contributed by atoms with Crippen molar-refractivity contribution in [3.63, 3.8) is 0 Å². The van der Waals surface area contributed by atoms with Crippen LogP contribution in [-0.2, 0) is 10.0 Å². The van der Waals surface area contributed by atoms with Gasteiger partial charge in [0.1, 0.15) is 4.90 Å². The Morgan fingerprint density at radius 2 is 1.64 bits per heavy atom. The first-order valence-electron chi connectivity index (χ1n) is 7.39. The van der Waals surface area contributed by atoms with Crippen molar-refractivity contribution < 1.29 is 8.42 Å². The van der Waals surface area contributed by atoms with Crippen LogP contribution in [0.25, 0.3) is 5.69 Å². The first kappa shape index (κ1) is 17.8. The van der Waals surface area contributed by atoms with E-state index in [1.807, 2.05) is 0 Å². The number of rotatable bonds is 4. The van der Waals surface area contributed by atoms with E-state index in [0.717, 1.165) is 5.69 Å². The molecule has 25 heavy (non-hydrogen) atoms. The van der Waals surface area contributed by atoms with Gasteiger partial charge in [0.05, 0.1) is 27.8 Å². The van der Waals surface area contributed by atoms with Gasteiger partial charge in [-0.25, -0.2) is 13.1 Å². The lowest BCUT2D eigenvalue weighted by atomic mass is 10.3. The highest BCUT2D eigenvalue weighted by atomic mass is 35.5. The number of hydrogen-bond acceptors (Lipinski definition) is 3. The van der Waals surface area contributed by atoms with Gasteiger partial charge in [-0.1, -0.05) is 35.3 Å². The van der Waals surface area contributed by atoms with E-state index in [2.05, 4.69) is 9.82 Å². The summed E-state index contributed by atoms with van der Waals surface area (Å²) in [7, 11) is -3.84. The lowest BCUT2D eigenvalue weighted by Gasteiger charge is -2.10. The molecule has 0 aliphatic carbocycles. The third-order valence-electron chi connectivity index (χ3n) is 3.68. The predicted octanol–water partition coefficient (Wildman–Crippen LogP) is 4.60. The van der Waals surface area contributed by atoms with E-state index in [0.29, 0.717) is 27.1 Å². The van der Waals surface area contributed by atoms with Gasteiger partial charge >= 0.3 is 0 Å². The average molecular weight is 396 g/mol. The Kier molecular flexibility index (Phi) is 4.77. The van der Waals surface area contributed by atoms with Crippen molar-refractivity contribution in [3.05, 3.63) is 70.0 Å². The standard InChI is InChI=1S/C17H15Cl2N3O2S/c1-11-17(25(23,24)21-16-6-4-3-5-15(16)19)12(2)22(20-11)14-9-7-13(18)8-10-14/h3-10,21H,1-2H3. The molecule has 0 aliphatic heterocycles. The Morgan fingerprint density at radius 1 is 1.00 bits per heavy atom. The van der Waals surface area contributed by atoms with Gasteiger partial charge in [-0.05, 0) is 50.2 Å². The van der Waals surface area contributed by atoms with Crippen LogP contribution in [0.2, 0.25) is 10.0 Å². The van der Waals surface area contributed by atoms with E-state index in [-0.39, 0.29) is 4.90 Å². The van der Waals surface area contributed by atoms with Crippen molar-refractivity contribution >= 4 is 38.9 Å². The maximum atomic E-state index is 12.9. The fourth-order valence-corrected chi connectivity index (χ4v) is 4.43. The third-order valence-corrected chi connectivity index (χ3v) is 5.88. The van der Waals surface area contributed by atoms with Crippen molar-refractivity contribution in [2.24, 2.45) is 0 Å². The molecule has 1 N–H and O–H groups in total. The summed E-state index contributed by atoms with van der Waals surface area (Å²) < 4.78 is 29.8. The summed E-state index contributed by atoms with van der Waals surface area (Å²) in [5.41, 5.74) is 1.94. The minimum atomic E-state index is -3.84. The summed E-state index contributed by atoms with van der Waals surface area (Å²) >= 11 is 12.0. The highest BCUT2D eigenvalue weighted by Crippen LogP contribution is 2.28. The molecule has 1 aromatic heterocycles. The number of nitrogens with zero attached hydrogens (tertiary/aromatic N) is 2. The number of sulfonamides is 1. The largest absolute Gasteiger partial charge is 0.278 e. The zero-order valence-corrected chi connectivity index (χ0v) is 15.8.